The van der Waals surface area contributed by atoms with Gasteiger partial charge in [-0.25, -0.2) is 18.7 Å². The molecular weight excluding hydrogens is 445 g/mol. The van der Waals surface area contributed by atoms with E-state index >= 15 is 0 Å². The Morgan fingerprint density at radius 2 is 1.79 bits per heavy atom. The normalized spacial score (nSPS) is 16.2. The van der Waals surface area contributed by atoms with Crippen LogP contribution in [0.2, 0.25) is 10.0 Å². The molecule has 7 nitrogen and oxygen atoms in total. The summed E-state index contributed by atoms with van der Waals surface area (Å²) in [4.78, 5) is 18.0. The van der Waals surface area contributed by atoms with Crippen molar-refractivity contribution in [1.29, 1.82) is 0 Å². The minimum Gasteiger partial charge on any atom is -0.320 e. The molecule has 1 N–H and O–H groups in total. The Kier molecular flexibility index (Phi) is 6.74. The summed E-state index contributed by atoms with van der Waals surface area (Å²) in [6.45, 7) is 2.86. The zero-order valence-electron chi connectivity index (χ0n) is 12.8. The molecule has 0 bridgehead atoms. The van der Waals surface area contributed by atoms with Crippen LogP contribution in [-0.2, 0) is 14.9 Å². The number of nitrogens with zero attached hydrogens (tertiary/aromatic N) is 2. The van der Waals surface area contributed by atoms with E-state index in [1.165, 1.54) is 21.3 Å². The first kappa shape index (κ1) is 19.7. The molecule has 0 unspecified atom stereocenters. The van der Waals surface area contributed by atoms with Gasteiger partial charge in [0.25, 0.3) is 0 Å². The first-order valence-electron chi connectivity index (χ1n) is 7.08. The number of benzene rings is 1. The highest BCUT2D eigenvalue weighted by molar-refractivity contribution is 9.10. The van der Waals surface area contributed by atoms with Gasteiger partial charge < -0.3 is 4.90 Å². The Hall–Kier alpha value is -0.580. The quantitative estimate of drug-likeness (QED) is 0.700. The van der Waals surface area contributed by atoms with Crippen molar-refractivity contribution in [3.8, 4) is 0 Å². The number of urea groups is 1. The monoisotopic (exact) mass is 459 g/mol. The van der Waals surface area contributed by atoms with Gasteiger partial charge >= 0.3 is 6.03 Å². The lowest BCUT2D eigenvalue weighted by Crippen LogP contribution is -2.53. The number of hydrogen-bond donors (Lipinski definition) is 1. The lowest BCUT2D eigenvalue weighted by atomic mass is 10.4. The molecule has 2 rings (SSSR count). The van der Waals surface area contributed by atoms with Crippen molar-refractivity contribution in [3.05, 3.63) is 26.7 Å². The number of carbonyl (C=O) groups is 1. The lowest BCUT2D eigenvalue weighted by Gasteiger charge is -2.34. The Morgan fingerprint density at radius 3 is 2.29 bits per heavy atom. The predicted octanol–water partition coefficient (Wildman–Crippen LogP) is 2.72. The first-order chi connectivity index (χ1) is 11.3. The molecule has 2 amide bonds. The van der Waals surface area contributed by atoms with Crippen LogP contribution in [-0.4, -0.2) is 56.4 Å². The molecule has 0 aliphatic carbocycles. The lowest BCUT2D eigenvalue weighted by molar-refractivity contribution is 0.0515. The molecule has 1 fully saturated rings. The Morgan fingerprint density at radius 1 is 1.25 bits per heavy atom. The number of amides is 2. The molecule has 1 saturated heterocycles. The van der Waals surface area contributed by atoms with Crippen LogP contribution < -0.4 is 5.48 Å². The number of hydroxylamine groups is 1. The molecule has 1 aliphatic heterocycles. The standard InChI is InChI=1S/C13H16BrCl2N3O4S/c1-2-23-17-13(20)18-3-5-19(6-4-18)24(21,22)12-10(15)7-9(14)8-11(12)16/h7-8H,2-6H2,1H3,(H,17,20). The molecule has 1 aliphatic rings. The van der Waals surface area contributed by atoms with Crippen LogP contribution in [0.5, 0.6) is 0 Å². The molecule has 134 valence electrons. The molecule has 1 aromatic carbocycles. The topological polar surface area (TPSA) is 79.0 Å². The Bertz CT molecular complexity index is 701. The highest BCUT2D eigenvalue weighted by Gasteiger charge is 2.33. The molecule has 0 aromatic heterocycles. The summed E-state index contributed by atoms with van der Waals surface area (Å²) in [7, 11) is -3.85. The highest BCUT2D eigenvalue weighted by atomic mass is 79.9. The van der Waals surface area contributed by atoms with Gasteiger partial charge in [-0.1, -0.05) is 39.1 Å². The summed E-state index contributed by atoms with van der Waals surface area (Å²) in [6.07, 6.45) is 0. The highest BCUT2D eigenvalue weighted by Crippen LogP contribution is 2.34. The third-order valence-corrected chi connectivity index (χ3v) is 6.67. The average molecular weight is 461 g/mol. The van der Waals surface area contributed by atoms with Crippen LogP contribution in [0.25, 0.3) is 0 Å². The van der Waals surface area contributed by atoms with E-state index in [-0.39, 0.29) is 41.1 Å². The van der Waals surface area contributed by atoms with Gasteiger partial charge in [-0.3, -0.25) is 4.84 Å². The van der Waals surface area contributed by atoms with Gasteiger partial charge in [-0.05, 0) is 19.1 Å². The van der Waals surface area contributed by atoms with Gasteiger partial charge in [0.2, 0.25) is 10.0 Å². The molecule has 0 radical (unpaired) electrons. The molecule has 11 heteroatoms. The van der Waals surface area contributed by atoms with Crippen LogP contribution in [0.4, 0.5) is 4.79 Å². The fourth-order valence-electron chi connectivity index (χ4n) is 2.23. The van der Waals surface area contributed by atoms with Crippen molar-refractivity contribution in [3.63, 3.8) is 0 Å². The second kappa shape index (κ2) is 8.20. The molecular formula is C13H16BrCl2N3O4S. The van der Waals surface area contributed by atoms with E-state index in [2.05, 4.69) is 21.4 Å². The van der Waals surface area contributed by atoms with Gasteiger partial charge in [-0.15, -0.1) is 0 Å². The van der Waals surface area contributed by atoms with Gasteiger partial charge in [0.05, 0.1) is 16.7 Å². The van der Waals surface area contributed by atoms with E-state index in [0.717, 1.165) is 0 Å². The summed E-state index contributed by atoms with van der Waals surface area (Å²) in [5, 5.41) is 0.0942. The summed E-state index contributed by atoms with van der Waals surface area (Å²) >= 11 is 15.3. The third kappa shape index (κ3) is 4.33. The molecule has 0 spiro atoms. The summed E-state index contributed by atoms with van der Waals surface area (Å²) in [5.41, 5.74) is 2.28. The van der Waals surface area contributed by atoms with E-state index in [0.29, 0.717) is 11.1 Å². The number of piperazine rings is 1. The summed E-state index contributed by atoms with van der Waals surface area (Å²) in [6, 6.07) is 2.56. The zero-order chi connectivity index (χ0) is 17.9. The minimum atomic E-state index is -3.85. The maximum Gasteiger partial charge on any atom is 0.341 e. The summed E-state index contributed by atoms with van der Waals surface area (Å²) in [5.74, 6) is 0. The second-order valence-electron chi connectivity index (χ2n) is 4.93. The second-order valence-corrected chi connectivity index (χ2v) is 8.53. The largest absolute Gasteiger partial charge is 0.341 e. The Labute approximate surface area is 159 Å². The minimum absolute atomic E-state index is 0.0471. The number of nitrogens with one attached hydrogen (secondary N) is 1. The van der Waals surface area contributed by atoms with Crippen molar-refractivity contribution < 1.29 is 18.0 Å². The summed E-state index contributed by atoms with van der Waals surface area (Å²) < 4.78 is 27.4. The van der Waals surface area contributed by atoms with Crippen LogP contribution in [0, 0.1) is 0 Å². The molecule has 24 heavy (non-hydrogen) atoms. The van der Waals surface area contributed by atoms with E-state index in [1.54, 1.807) is 6.92 Å². The fraction of sp³-hybridized carbons (Fsp3) is 0.462. The van der Waals surface area contributed by atoms with Crippen LogP contribution in [0.1, 0.15) is 6.92 Å². The van der Waals surface area contributed by atoms with Crippen molar-refractivity contribution in [2.75, 3.05) is 32.8 Å². The molecule has 0 atom stereocenters. The van der Waals surface area contributed by atoms with Gasteiger partial charge in [0, 0.05) is 30.7 Å². The van der Waals surface area contributed by atoms with Gasteiger partial charge in [0.1, 0.15) is 4.90 Å². The number of halogens is 3. The number of carbonyl (C=O) groups excluding carboxylic acids is 1. The van der Waals surface area contributed by atoms with Crippen molar-refractivity contribution in [2.24, 2.45) is 0 Å². The maximum absolute atomic E-state index is 12.8. The molecule has 1 aromatic rings. The predicted molar refractivity (Wildman–Crippen MR) is 94.7 cm³/mol. The van der Waals surface area contributed by atoms with E-state index < -0.39 is 16.1 Å². The first-order valence-corrected chi connectivity index (χ1v) is 10.1. The fourth-order valence-corrected chi connectivity index (χ4v) is 5.54. The Balaban J connectivity index is 2.12. The molecule has 0 saturated carbocycles. The number of hydrogen-bond acceptors (Lipinski definition) is 4. The smallest absolute Gasteiger partial charge is 0.320 e. The zero-order valence-corrected chi connectivity index (χ0v) is 16.7. The van der Waals surface area contributed by atoms with Crippen molar-refractivity contribution >= 4 is 55.2 Å². The van der Waals surface area contributed by atoms with Crippen molar-refractivity contribution in [2.45, 2.75) is 11.8 Å². The van der Waals surface area contributed by atoms with E-state index in [9.17, 15) is 13.2 Å². The number of sulfonamides is 1. The van der Waals surface area contributed by atoms with Crippen LogP contribution in [0.15, 0.2) is 21.5 Å². The van der Waals surface area contributed by atoms with Crippen LogP contribution >= 0.6 is 39.1 Å². The third-order valence-electron chi connectivity index (χ3n) is 3.39. The maximum atomic E-state index is 12.8. The number of rotatable bonds is 4. The van der Waals surface area contributed by atoms with Crippen molar-refractivity contribution in [1.82, 2.24) is 14.7 Å². The average Bonchev–Trinajstić information content (AvgIpc) is 2.51. The van der Waals surface area contributed by atoms with E-state index in [4.69, 9.17) is 28.0 Å². The van der Waals surface area contributed by atoms with Gasteiger partial charge in [0.15, 0.2) is 0 Å². The van der Waals surface area contributed by atoms with Crippen LogP contribution in [0.3, 0.4) is 0 Å². The van der Waals surface area contributed by atoms with E-state index in [1.807, 2.05) is 0 Å². The molecule has 1 heterocycles. The van der Waals surface area contributed by atoms with Gasteiger partial charge in [-0.2, -0.15) is 4.31 Å². The SMILES string of the molecule is CCONC(=O)N1CCN(S(=O)(=O)c2c(Cl)cc(Br)cc2Cl)CC1.